The Labute approximate surface area is 145 Å². The van der Waals surface area contributed by atoms with Crippen molar-refractivity contribution in [3.8, 4) is 11.3 Å². The van der Waals surface area contributed by atoms with Crippen LogP contribution < -0.4 is 5.19 Å². The monoisotopic (exact) mass is 325 g/mol. The van der Waals surface area contributed by atoms with Gasteiger partial charge in [-0.25, -0.2) is 0 Å². The fourth-order valence-corrected chi connectivity index (χ4v) is 4.81. The molecule has 2 aromatic rings. The zero-order valence-electron chi connectivity index (χ0n) is 16.6. The van der Waals surface area contributed by atoms with Crippen LogP contribution in [0.3, 0.4) is 0 Å². The van der Waals surface area contributed by atoms with Crippen LogP contribution in [0.5, 0.6) is 0 Å². The highest BCUT2D eigenvalue weighted by atomic mass is 28.3. The number of hydrogen-bond donors (Lipinski definition) is 0. The maximum absolute atomic E-state index is 9.00. The minimum Gasteiger partial charge on any atom is -0.256 e. The SMILES string of the molecule is [2H]C([2H])(c1cc(-c2ccccc2)ncc1[Si](C)(C)C)C1CCCCC1. The Morgan fingerprint density at radius 1 is 1.09 bits per heavy atom. The molecule has 0 radical (unpaired) electrons. The van der Waals surface area contributed by atoms with E-state index in [1.807, 2.05) is 30.5 Å². The second-order valence-electron chi connectivity index (χ2n) is 7.71. The first-order valence-electron chi connectivity index (χ1n) is 9.86. The van der Waals surface area contributed by atoms with Gasteiger partial charge in [-0.2, -0.15) is 0 Å². The largest absolute Gasteiger partial charge is 0.256 e. The van der Waals surface area contributed by atoms with E-state index in [0.29, 0.717) is 0 Å². The maximum atomic E-state index is 9.00. The van der Waals surface area contributed by atoms with Crippen LogP contribution in [0.4, 0.5) is 0 Å². The van der Waals surface area contributed by atoms with Crippen molar-refractivity contribution >= 4 is 13.3 Å². The van der Waals surface area contributed by atoms with Gasteiger partial charge in [0.25, 0.3) is 0 Å². The molecule has 1 heterocycles. The van der Waals surface area contributed by atoms with Crippen LogP contribution in [-0.4, -0.2) is 13.1 Å². The Bertz CT molecular complexity index is 716. The summed E-state index contributed by atoms with van der Waals surface area (Å²) in [5.41, 5.74) is 2.84. The molecule has 0 amide bonds. The fourth-order valence-electron chi connectivity index (χ4n) is 3.41. The number of pyridine rings is 1. The van der Waals surface area contributed by atoms with Crippen molar-refractivity contribution in [2.24, 2.45) is 5.92 Å². The third-order valence-electron chi connectivity index (χ3n) is 4.75. The van der Waals surface area contributed by atoms with E-state index < -0.39 is 14.4 Å². The summed E-state index contributed by atoms with van der Waals surface area (Å²) in [6.45, 7) is 6.85. The van der Waals surface area contributed by atoms with Gasteiger partial charge in [0.15, 0.2) is 0 Å². The van der Waals surface area contributed by atoms with Crippen molar-refractivity contribution in [3.63, 3.8) is 0 Å². The Morgan fingerprint density at radius 2 is 1.78 bits per heavy atom. The Hall–Kier alpha value is -1.41. The molecule has 0 N–H and O–H groups in total. The first-order chi connectivity index (χ1) is 11.8. The third kappa shape index (κ3) is 4.11. The van der Waals surface area contributed by atoms with Crippen LogP contribution in [0.15, 0.2) is 42.6 Å². The van der Waals surface area contributed by atoms with E-state index in [0.717, 1.165) is 42.5 Å². The second-order valence-corrected chi connectivity index (χ2v) is 12.7. The molecule has 1 aliphatic rings. The van der Waals surface area contributed by atoms with Crippen molar-refractivity contribution in [2.45, 2.75) is 58.1 Å². The van der Waals surface area contributed by atoms with Gasteiger partial charge < -0.3 is 0 Å². The Kier molecular flexibility index (Phi) is 4.25. The fraction of sp³-hybridized carbons (Fsp3) is 0.476. The molecule has 122 valence electrons. The molecule has 0 atom stereocenters. The highest BCUT2D eigenvalue weighted by Crippen LogP contribution is 2.28. The summed E-state index contributed by atoms with van der Waals surface area (Å²) in [6.07, 6.45) is 6.25. The molecule has 0 saturated heterocycles. The summed E-state index contributed by atoms with van der Waals surface area (Å²) in [5, 5.41) is 1.17. The third-order valence-corrected chi connectivity index (χ3v) is 6.76. The van der Waals surface area contributed by atoms with E-state index in [1.54, 1.807) is 0 Å². The van der Waals surface area contributed by atoms with Gasteiger partial charge >= 0.3 is 0 Å². The van der Waals surface area contributed by atoms with Crippen LogP contribution in [0.2, 0.25) is 19.6 Å². The van der Waals surface area contributed by atoms with Gasteiger partial charge in [0.1, 0.15) is 0 Å². The van der Waals surface area contributed by atoms with Crippen molar-refractivity contribution < 1.29 is 2.74 Å². The van der Waals surface area contributed by atoms with E-state index in [1.165, 1.54) is 11.6 Å². The number of aromatic nitrogens is 1. The zero-order valence-corrected chi connectivity index (χ0v) is 15.6. The van der Waals surface area contributed by atoms with E-state index in [4.69, 9.17) is 7.73 Å². The summed E-state index contributed by atoms with van der Waals surface area (Å²) < 4.78 is 18.0. The van der Waals surface area contributed by atoms with Gasteiger partial charge in [-0.05, 0) is 29.1 Å². The molecule has 2 heteroatoms. The molecule has 3 rings (SSSR count). The van der Waals surface area contributed by atoms with Gasteiger partial charge in [-0.3, -0.25) is 4.98 Å². The molecule has 1 nitrogen and oxygen atoms in total. The average molecular weight is 326 g/mol. The van der Waals surface area contributed by atoms with Crippen LogP contribution in [0.1, 0.15) is 40.4 Å². The molecule has 0 aliphatic heterocycles. The predicted octanol–water partition coefficient (Wildman–Crippen LogP) is 5.42. The quantitative estimate of drug-likeness (QED) is 0.684. The summed E-state index contributed by atoms with van der Waals surface area (Å²) in [5.74, 6) is 0.127. The first kappa shape index (κ1) is 14.0. The molecule has 1 aromatic heterocycles. The van der Waals surface area contributed by atoms with E-state index in [-0.39, 0.29) is 5.92 Å². The standard InChI is InChI=1S/C21H29NSi/c1-23(2,3)21-16-22-20(18-12-8-5-9-13-18)15-19(21)14-17-10-6-4-7-11-17/h5,8-9,12-13,15-17H,4,6-7,10-11,14H2,1-3H3/i14D2. The molecule has 0 spiro atoms. The smallest absolute Gasteiger partial charge is 0.0799 e. The summed E-state index contributed by atoms with van der Waals surface area (Å²) in [7, 11) is -1.68. The molecule has 1 aliphatic carbocycles. The van der Waals surface area contributed by atoms with Crippen LogP contribution in [0.25, 0.3) is 11.3 Å². The lowest BCUT2D eigenvalue weighted by atomic mass is 9.85. The molecule has 1 aromatic carbocycles. The Morgan fingerprint density at radius 3 is 2.43 bits per heavy atom. The topological polar surface area (TPSA) is 12.9 Å². The van der Waals surface area contributed by atoms with Gasteiger partial charge in [0.2, 0.25) is 0 Å². The number of rotatable bonds is 4. The minimum absolute atomic E-state index is 0.127. The van der Waals surface area contributed by atoms with Gasteiger partial charge in [0.05, 0.1) is 13.8 Å². The summed E-state index contributed by atoms with van der Waals surface area (Å²) in [6, 6.07) is 12.2. The van der Waals surface area contributed by atoms with Crippen LogP contribution >= 0.6 is 0 Å². The molecule has 0 bridgehead atoms. The molecule has 23 heavy (non-hydrogen) atoms. The van der Waals surface area contributed by atoms with Crippen LogP contribution in [0, 0.1) is 5.92 Å². The molecular weight excluding hydrogens is 294 g/mol. The average Bonchev–Trinajstić information content (AvgIpc) is 2.62. The molecule has 1 fully saturated rings. The Balaban J connectivity index is 2.10. The van der Waals surface area contributed by atoms with Crippen molar-refractivity contribution in [1.29, 1.82) is 0 Å². The first-order valence-corrected chi connectivity index (χ1v) is 12.4. The van der Waals surface area contributed by atoms with Crippen molar-refractivity contribution in [3.05, 3.63) is 48.2 Å². The van der Waals surface area contributed by atoms with E-state index >= 15 is 0 Å². The highest BCUT2D eigenvalue weighted by molar-refractivity contribution is 6.89. The lowest BCUT2D eigenvalue weighted by Gasteiger charge is -2.26. The number of benzene rings is 1. The molecule has 1 saturated carbocycles. The van der Waals surface area contributed by atoms with Gasteiger partial charge in [-0.15, -0.1) is 0 Å². The zero-order chi connectivity index (χ0) is 18.1. The van der Waals surface area contributed by atoms with E-state index in [2.05, 4.69) is 31.8 Å². The lowest BCUT2D eigenvalue weighted by molar-refractivity contribution is 0.357. The molecular formula is C21H29NSi. The second kappa shape index (κ2) is 7.00. The number of hydrogen-bond acceptors (Lipinski definition) is 1. The molecule has 0 unspecified atom stereocenters. The lowest BCUT2D eigenvalue weighted by Crippen LogP contribution is -2.41. The summed E-state index contributed by atoms with van der Waals surface area (Å²) in [4.78, 5) is 4.70. The minimum atomic E-state index is -1.68. The van der Waals surface area contributed by atoms with Crippen molar-refractivity contribution in [2.75, 3.05) is 0 Å². The van der Waals surface area contributed by atoms with Gasteiger partial charge in [0, 0.05) is 14.5 Å². The maximum Gasteiger partial charge on any atom is 0.0799 e. The number of nitrogens with zero attached hydrogens (tertiary/aromatic N) is 1. The summed E-state index contributed by atoms with van der Waals surface area (Å²) >= 11 is 0. The predicted molar refractivity (Wildman–Crippen MR) is 103 cm³/mol. The highest BCUT2D eigenvalue weighted by Gasteiger charge is 2.23. The van der Waals surface area contributed by atoms with Crippen LogP contribution in [-0.2, 0) is 6.37 Å². The van der Waals surface area contributed by atoms with E-state index in [9.17, 15) is 0 Å². The van der Waals surface area contributed by atoms with Gasteiger partial charge in [-0.1, -0.05) is 82.1 Å². The normalized spacial score (nSPS) is 18.4. The van der Waals surface area contributed by atoms with Crippen molar-refractivity contribution in [1.82, 2.24) is 4.98 Å².